The fourth-order valence-electron chi connectivity index (χ4n) is 1.21. The van der Waals surface area contributed by atoms with Crippen molar-refractivity contribution in [3.05, 3.63) is 12.4 Å². The van der Waals surface area contributed by atoms with Crippen molar-refractivity contribution < 1.29 is 4.74 Å². The van der Waals surface area contributed by atoms with Crippen molar-refractivity contribution in [3.8, 4) is 0 Å². The van der Waals surface area contributed by atoms with E-state index in [2.05, 4.69) is 28.8 Å². The molecule has 0 aromatic carbocycles. The summed E-state index contributed by atoms with van der Waals surface area (Å²) in [6.45, 7) is 10.7. The van der Waals surface area contributed by atoms with Gasteiger partial charge in [0.15, 0.2) is 0 Å². The number of nitrogens with zero attached hydrogens (tertiary/aromatic N) is 3. The van der Waals surface area contributed by atoms with Crippen molar-refractivity contribution in [3.63, 3.8) is 0 Å². The lowest BCUT2D eigenvalue weighted by Gasteiger charge is -2.21. The van der Waals surface area contributed by atoms with Gasteiger partial charge < -0.3 is 15.0 Å². The van der Waals surface area contributed by atoms with Gasteiger partial charge >= 0.3 is 0 Å². The lowest BCUT2D eigenvalue weighted by atomic mass is 10.2. The first kappa shape index (κ1) is 16.6. The van der Waals surface area contributed by atoms with Gasteiger partial charge in [0.05, 0.1) is 6.34 Å². The molecule has 0 aromatic rings. The summed E-state index contributed by atoms with van der Waals surface area (Å²) in [6.07, 6.45) is 4.22. The third kappa shape index (κ3) is 8.75. The molecule has 0 aliphatic heterocycles. The van der Waals surface area contributed by atoms with Gasteiger partial charge in [0.1, 0.15) is 12.2 Å². The minimum atomic E-state index is 0.329. The summed E-state index contributed by atoms with van der Waals surface area (Å²) in [4.78, 5) is 10.2. The lowest BCUT2D eigenvalue weighted by molar-refractivity contribution is 0.174. The van der Waals surface area contributed by atoms with Crippen LogP contribution >= 0.6 is 0 Å². The third-order valence-electron chi connectivity index (χ3n) is 2.42. The van der Waals surface area contributed by atoms with E-state index in [9.17, 15) is 0 Å². The van der Waals surface area contributed by atoms with Gasteiger partial charge in [-0.3, -0.25) is 0 Å². The maximum atomic E-state index is 5.04. The Morgan fingerprint density at radius 1 is 1.44 bits per heavy atom. The van der Waals surface area contributed by atoms with E-state index < -0.39 is 0 Å². The molecular weight excluding hydrogens is 228 g/mol. The topological polar surface area (TPSA) is 49.2 Å². The van der Waals surface area contributed by atoms with Crippen LogP contribution in [0.2, 0.25) is 0 Å². The van der Waals surface area contributed by atoms with Crippen LogP contribution in [0, 0.1) is 0 Å². The predicted molar refractivity (Wildman–Crippen MR) is 78.1 cm³/mol. The Kier molecular flexibility index (Phi) is 8.92. The van der Waals surface area contributed by atoms with E-state index in [1.165, 1.54) is 6.34 Å². The SMILES string of the molecule is C=C(N=CN=CN(C)C(C)CCOC)NC(C)C. The Bertz CT molecular complexity index is 287. The summed E-state index contributed by atoms with van der Waals surface area (Å²) in [5.74, 6) is 0.622. The van der Waals surface area contributed by atoms with Gasteiger partial charge in [-0.15, -0.1) is 0 Å². The summed E-state index contributed by atoms with van der Waals surface area (Å²) in [6, 6.07) is 0.717. The summed E-state index contributed by atoms with van der Waals surface area (Å²) in [5, 5.41) is 3.09. The fraction of sp³-hybridized carbons (Fsp3) is 0.692. The molecule has 1 unspecified atom stereocenters. The van der Waals surface area contributed by atoms with Crippen molar-refractivity contribution in [1.82, 2.24) is 10.2 Å². The van der Waals surface area contributed by atoms with Gasteiger partial charge in [0, 0.05) is 32.8 Å². The zero-order valence-corrected chi connectivity index (χ0v) is 12.2. The minimum absolute atomic E-state index is 0.329. The van der Waals surface area contributed by atoms with E-state index in [0.29, 0.717) is 17.9 Å². The van der Waals surface area contributed by atoms with E-state index in [4.69, 9.17) is 4.74 Å². The van der Waals surface area contributed by atoms with Gasteiger partial charge in [-0.1, -0.05) is 6.58 Å². The van der Waals surface area contributed by atoms with Crippen LogP contribution < -0.4 is 5.32 Å². The third-order valence-corrected chi connectivity index (χ3v) is 2.42. The molecule has 18 heavy (non-hydrogen) atoms. The van der Waals surface area contributed by atoms with Crippen LogP contribution in [-0.2, 0) is 4.74 Å². The highest BCUT2D eigenvalue weighted by Gasteiger charge is 2.04. The van der Waals surface area contributed by atoms with E-state index >= 15 is 0 Å². The number of nitrogens with one attached hydrogen (secondary N) is 1. The Morgan fingerprint density at radius 2 is 2.11 bits per heavy atom. The van der Waals surface area contributed by atoms with Gasteiger partial charge in [0.25, 0.3) is 0 Å². The summed E-state index contributed by atoms with van der Waals surface area (Å²) < 4.78 is 5.04. The van der Waals surface area contributed by atoms with Gasteiger partial charge in [-0.25, -0.2) is 9.98 Å². The Morgan fingerprint density at radius 3 is 2.67 bits per heavy atom. The lowest BCUT2D eigenvalue weighted by Crippen LogP contribution is -2.28. The molecule has 1 N–H and O–H groups in total. The molecule has 0 aliphatic rings. The van der Waals surface area contributed by atoms with Gasteiger partial charge in [-0.2, -0.15) is 0 Å². The fourth-order valence-corrected chi connectivity index (χ4v) is 1.21. The highest BCUT2D eigenvalue weighted by molar-refractivity contribution is 5.71. The number of rotatable bonds is 9. The quantitative estimate of drug-likeness (QED) is 0.505. The molecule has 0 fully saturated rings. The maximum Gasteiger partial charge on any atom is 0.120 e. The molecule has 5 nitrogen and oxygen atoms in total. The Hall–Kier alpha value is -1.36. The predicted octanol–water partition coefficient (Wildman–Crippen LogP) is 1.87. The molecule has 1 atom stereocenters. The Balaban J connectivity index is 3.99. The van der Waals surface area contributed by atoms with Crippen LogP contribution in [0.5, 0.6) is 0 Å². The van der Waals surface area contributed by atoms with E-state index in [1.807, 2.05) is 25.8 Å². The zero-order chi connectivity index (χ0) is 14.0. The van der Waals surface area contributed by atoms with E-state index in [1.54, 1.807) is 13.4 Å². The summed E-state index contributed by atoms with van der Waals surface area (Å²) >= 11 is 0. The second-order valence-electron chi connectivity index (χ2n) is 4.55. The molecule has 0 amide bonds. The first-order chi connectivity index (χ1) is 8.47. The molecule has 0 spiro atoms. The monoisotopic (exact) mass is 254 g/mol. The average molecular weight is 254 g/mol. The highest BCUT2D eigenvalue weighted by Crippen LogP contribution is 1.98. The molecule has 0 aliphatic carbocycles. The number of aliphatic imine (C=N–C) groups is 2. The van der Waals surface area contributed by atoms with Crippen LogP contribution in [0.15, 0.2) is 22.4 Å². The largest absolute Gasteiger partial charge is 0.385 e. The van der Waals surface area contributed by atoms with Crippen molar-refractivity contribution in [2.45, 2.75) is 39.3 Å². The molecule has 104 valence electrons. The first-order valence-corrected chi connectivity index (χ1v) is 6.19. The van der Waals surface area contributed by atoms with Crippen molar-refractivity contribution in [2.75, 3.05) is 20.8 Å². The molecule has 5 heteroatoms. The van der Waals surface area contributed by atoms with Crippen LogP contribution in [0.4, 0.5) is 0 Å². The molecule has 0 rings (SSSR count). The maximum absolute atomic E-state index is 5.04. The summed E-state index contributed by atoms with van der Waals surface area (Å²) in [5.41, 5.74) is 0. The average Bonchev–Trinajstić information content (AvgIpc) is 2.30. The van der Waals surface area contributed by atoms with E-state index in [-0.39, 0.29) is 0 Å². The number of methoxy groups -OCH3 is 1. The van der Waals surface area contributed by atoms with Crippen LogP contribution in [0.3, 0.4) is 0 Å². The molecule has 0 bridgehead atoms. The number of hydrogen-bond donors (Lipinski definition) is 1. The first-order valence-electron chi connectivity index (χ1n) is 6.19. The normalized spacial score (nSPS) is 13.4. The second kappa shape index (κ2) is 9.65. The van der Waals surface area contributed by atoms with Gasteiger partial charge in [0.2, 0.25) is 0 Å². The molecule has 0 saturated carbocycles. The van der Waals surface area contributed by atoms with Crippen molar-refractivity contribution >= 4 is 12.7 Å². The molecule has 0 heterocycles. The number of ether oxygens (including phenoxy) is 1. The smallest absolute Gasteiger partial charge is 0.120 e. The highest BCUT2D eigenvalue weighted by atomic mass is 16.5. The van der Waals surface area contributed by atoms with Crippen LogP contribution in [-0.4, -0.2) is 50.4 Å². The minimum Gasteiger partial charge on any atom is -0.385 e. The number of hydrogen-bond acceptors (Lipinski definition) is 3. The van der Waals surface area contributed by atoms with E-state index in [0.717, 1.165) is 13.0 Å². The summed E-state index contributed by atoms with van der Waals surface area (Å²) in [7, 11) is 3.69. The standard InChI is InChI=1S/C13H26N4O/c1-11(2)16-13(4)15-9-14-10-17(5)12(3)7-8-18-6/h9-12,16H,4,7-8H2,1-3,5-6H3. The van der Waals surface area contributed by atoms with Crippen LogP contribution in [0.1, 0.15) is 27.2 Å². The molecule has 0 saturated heterocycles. The van der Waals surface area contributed by atoms with Crippen LogP contribution in [0.25, 0.3) is 0 Å². The molecule has 0 aromatic heterocycles. The van der Waals surface area contributed by atoms with Crippen molar-refractivity contribution in [1.29, 1.82) is 0 Å². The van der Waals surface area contributed by atoms with Gasteiger partial charge in [-0.05, 0) is 27.2 Å². The Labute approximate surface area is 111 Å². The second-order valence-corrected chi connectivity index (χ2v) is 4.55. The molecule has 0 radical (unpaired) electrons. The molecular formula is C13H26N4O. The van der Waals surface area contributed by atoms with Crippen molar-refractivity contribution in [2.24, 2.45) is 9.98 Å². The zero-order valence-electron chi connectivity index (χ0n) is 12.2.